The van der Waals surface area contributed by atoms with Gasteiger partial charge in [0.05, 0.1) is 23.7 Å². The Morgan fingerprint density at radius 1 is 1.16 bits per heavy atom. The number of aromatic hydroxyl groups is 1. The molecule has 3 aromatic rings. The summed E-state index contributed by atoms with van der Waals surface area (Å²) in [5.74, 6) is -0.105. The molecule has 1 fully saturated rings. The maximum atomic E-state index is 12.9. The number of aryl methyl sites for hydroxylation is 1. The largest absolute Gasteiger partial charge is 0.507 e. The molecule has 0 aliphatic carbocycles. The van der Waals surface area contributed by atoms with E-state index in [1.54, 1.807) is 12.1 Å². The number of likely N-dealkylation sites (tertiary alicyclic amines) is 1. The molecule has 1 aliphatic rings. The quantitative estimate of drug-likeness (QED) is 0.490. The summed E-state index contributed by atoms with van der Waals surface area (Å²) in [6.45, 7) is 6.00. The maximum absolute atomic E-state index is 12.9. The van der Waals surface area contributed by atoms with Gasteiger partial charge in [0.1, 0.15) is 11.3 Å². The van der Waals surface area contributed by atoms with E-state index >= 15 is 0 Å². The third-order valence-electron chi connectivity index (χ3n) is 6.07. The highest BCUT2D eigenvalue weighted by molar-refractivity contribution is 5.89. The number of ether oxygens (including phenoxy) is 1. The van der Waals surface area contributed by atoms with Gasteiger partial charge in [0.15, 0.2) is 0 Å². The molecule has 0 bridgehead atoms. The van der Waals surface area contributed by atoms with Crippen LogP contribution in [0.2, 0.25) is 0 Å². The predicted molar refractivity (Wildman–Crippen MR) is 119 cm³/mol. The molecule has 0 spiro atoms. The average molecular weight is 421 g/mol. The van der Waals surface area contributed by atoms with Crippen LogP contribution in [0, 0.1) is 12.8 Å². The van der Waals surface area contributed by atoms with Crippen molar-refractivity contribution in [2.75, 3.05) is 19.7 Å². The zero-order valence-electron chi connectivity index (χ0n) is 17.9. The van der Waals surface area contributed by atoms with Crippen molar-refractivity contribution in [3.8, 4) is 16.9 Å². The molecule has 2 aromatic carbocycles. The van der Waals surface area contributed by atoms with Crippen LogP contribution in [0.5, 0.6) is 5.75 Å². The third-order valence-corrected chi connectivity index (χ3v) is 6.07. The number of piperidine rings is 1. The van der Waals surface area contributed by atoms with Gasteiger partial charge in [-0.3, -0.25) is 9.69 Å². The summed E-state index contributed by atoms with van der Waals surface area (Å²) in [4.78, 5) is 27.0. The van der Waals surface area contributed by atoms with E-state index in [-0.39, 0.29) is 17.6 Å². The van der Waals surface area contributed by atoms with Crippen LogP contribution in [0.1, 0.15) is 30.9 Å². The summed E-state index contributed by atoms with van der Waals surface area (Å²) in [6.07, 6.45) is 1.43. The van der Waals surface area contributed by atoms with Crippen LogP contribution >= 0.6 is 0 Å². The summed E-state index contributed by atoms with van der Waals surface area (Å²) >= 11 is 0. The Morgan fingerprint density at radius 3 is 2.55 bits per heavy atom. The van der Waals surface area contributed by atoms with E-state index < -0.39 is 5.63 Å². The second-order valence-electron chi connectivity index (χ2n) is 8.00. The first-order valence-electron chi connectivity index (χ1n) is 10.7. The van der Waals surface area contributed by atoms with Gasteiger partial charge in [0.25, 0.3) is 0 Å². The fourth-order valence-electron chi connectivity index (χ4n) is 4.36. The van der Waals surface area contributed by atoms with Crippen LogP contribution in [-0.4, -0.2) is 35.7 Å². The first-order valence-corrected chi connectivity index (χ1v) is 10.7. The number of hydrogen-bond acceptors (Lipinski definition) is 6. The Labute approximate surface area is 181 Å². The number of phenols is 1. The van der Waals surface area contributed by atoms with Crippen LogP contribution in [0.25, 0.3) is 22.1 Å². The summed E-state index contributed by atoms with van der Waals surface area (Å²) in [5, 5.41) is 11.4. The van der Waals surface area contributed by atoms with Crippen molar-refractivity contribution in [2.45, 2.75) is 33.2 Å². The first kappa shape index (κ1) is 21.1. The molecule has 1 saturated heterocycles. The fraction of sp³-hybridized carbons (Fsp3) is 0.360. The molecule has 6 nitrogen and oxygen atoms in total. The molecule has 31 heavy (non-hydrogen) atoms. The molecule has 1 aliphatic heterocycles. The van der Waals surface area contributed by atoms with Crippen molar-refractivity contribution in [3.05, 3.63) is 64.0 Å². The van der Waals surface area contributed by atoms with Gasteiger partial charge in [0, 0.05) is 11.9 Å². The Hall–Kier alpha value is -3.12. The molecule has 1 N–H and O–H groups in total. The van der Waals surface area contributed by atoms with E-state index in [9.17, 15) is 14.7 Å². The second-order valence-corrected chi connectivity index (χ2v) is 8.00. The van der Waals surface area contributed by atoms with Crippen molar-refractivity contribution >= 4 is 16.9 Å². The van der Waals surface area contributed by atoms with Gasteiger partial charge >= 0.3 is 11.6 Å². The molecule has 162 valence electrons. The van der Waals surface area contributed by atoms with Gasteiger partial charge in [-0.1, -0.05) is 30.3 Å². The zero-order valence-corrected chi connectivity index (χ0v) is 17.9. The Bertz CT molecular complexity index is 1140. The third kappa shape index (κ3) is 4.21. The lowest BCUT2D eigenvalue weighted by Gasteiger charge is -2.31. The van der Waals surface area contributed by atoms with E-state index in [1.165, 1.54) is 0 Å². The molecule has 1 aromatic heterocycles. The van der Waals surface area contributed by atoms with Crippen molar-refractivity contribution in [1.29, 1.82) is 0 Å². The van der Waals surface area contributed by atoms with Crippen LogP contribution in [0.3, 0.4) is 0 Å². The number of nitrogens with zero attached hydrogens (tertiary/aromatic N) is 1. The summed E-state index contributed by atoms with van der Waals surface area (Å²) in [7, 11) is 0. The van der Waals surface area contributed by atoms with E-state index in [0.29, 0.717) is 55.8 Å². The molecule has 2 heterocycles. The predicted octanol–water partition coefficient (Wildman–Crippen LogP) is 4.25. The molecule has 0 amide bonds. The van der Waals surface area contributed by atoms with Gasteiger partial charge < -0.3 is 14.3 Å². The highest BCUT2D eigenvalue weighted by Crippen LogP contribution is 2.33. The number of hydrogen-bond donors (Lipinski definition) is 1. The Kier molecular flexibility index (Phi) is 6.09. The molecule has 0 radical (unpaired) electrons. The summed E-state index contributed by atoms with van der Waals surface area (Å²) in [5.41, 5.74) is 2.80. The van der Waals surface area contributed by atoms with E-state index in [1.807, 2.05) is 44.2 Å². The molecule has 0 saturated carbocycles. The summed E-state index contributed by atoms with van der Waals surface area (Å²) in [6, 6.07) is 12.9. The Balaban J connectivity index is 1.64. The number of esters is 1. The highest BCUT2D eigenvalue weighted by atomic mass is 16.5. The van der Waals surface area contributed by atoms with E-state index in [0.717, 1.165) is 16.5 Å². The summed E-state index contributed by atoms with van der Waals surface area (Å²) < 4.78 is 10.9. The smallest absolute Gasteiger partial charge is 0.344 e. The first-order chi connectivity index (χ1) is 15.0. The van der Waals surface area contributed by atoms with Crippen molar-refractivity contribution in [1.82, 2.24) is 4.90 Å². The molecular weight excluding hydrogens is 394 g/mol. The lowest BCUT2D eigenvalue weighted by Crippen LogP contribution is -2.36. The Morgan fingerprint density at radius 2 is 1.87 bits per heavy atom. The van der Waals surface area contributed by atoms with Gasteiger partial charge in [-0.25, -0.2) is 4.79 Å². The molecule has 0 atom stereocenters. The van der Waals surface area contributed by atoms with Crippen molar-refractivity contribution < 1.29 is 19.1 Å². The standard InChI is InChI=1S/C25H27NO5/c1-3-30-24(28)18-11-13-26(14-12-18)15-20-21(27)10-9-19-16(2)22(25(29)31-23(19)20)17-7-5-4-6-8-17/h4-10,18,27H,3,11-15H2,1-2H3. The minimum absolute atomic E-state index is 0.0779. The number of carbonyl (C=O) groups excluding carboxylic acids is 1. The number of fused-ring (bicyclic) bond motifs is 1. The van der Waals surface area contributed by atoms with Crippen LogP contribution in [-0.2, 0) is 16.1 Å². The minimum Gasteiger partial charge on any atom is -0.507 e. The van der Waals surface area contributed by atoms with Crippen LogP contribution < -0.4 is 5.63 Å². The zero-order chi connectivity index (χ0) is 22.0. The highest BCUT2D eigenvalue weighted by Gasteiger charge is 2.27. The monoisotopic (exact) mass is 421 g/mol. The van der Waals surface area contributed by atoms with E-state index in [2.05, 4.69) is 4.90 Å². The average Bonchev–Trinajstić information content (AvgIpc) is 2.77. The molecular formula is C25H27NO5. The van der Waals surface area contributed by atoms with Crippen molar-refractivity contribution in [3.63, 3.8) is 0 Å². The molecule has 0 unspecified atom stereocenters. The van der Waals surface area contributed by atoms with Crippen LogP contribution in [0.4, 0.5) is 0 Å². The van der Waals surface area contributed by atoms with Gasteiger partial charge in [-0.05, 0) is 63.0 Å². The lowest BCUT2D eigenvalue weighted by molar-refractivity contribution is -0.149. The number of phenolic OH excluding ortho intramolecular Hbond substituents is 1. The number of carbonyl (C=O) groups is 1. The number of rotatable bonds is 5. The van der Waals surface area contributed by atoms with Gasteiger partial charge in [-0.15, -0.1) is 0 Å². The SMILES string of the molecule is CCOC(=O)C1CCN(Cc2c(O)ccc3c(C)c(-c4ccccc4)c(=O)oc23)CC1. The lowest BCUT2D eigenvalue weighted by atomic mass is 9.95. The fourth-order valence-corrected chi connectivity index (χ4v) is 4.36. The molecule has 4 rings (SSSR count). The number of benzene rings is 2. The van der Waals surface area contributed by atoms with Crippen molar-refractivity contribution in [2.24, 2.45) is 5.92 Å². The van der Waals surface area contributed by atoms with Gasteiger partial charge in [0.2, 0.25) is 0 Å². The van der Waals surface area contributed by atoms with Crippen LogP contribution in [0.15, 0.2) is 51.7 Å². The van der Waals surface area contributed by atoms with Gasteiger partial charge in [-0.2, -0.15) is 0 Å². The topological polar surface area (TPSA) is 80.0 Å². The minimum atomic E-state index is -0.413. The maximum Gasteiger partial charge on any atom is 0.344 e. The molecule has 6 heteroatoms. The second kappa shape index (κ2) is 8.94. The normalized spacial score (nSPS) is 15.3. The van der Waals surface area contributed by atoms with E-state index in [4.69, 9.17) is 9.15 Å².